The maximum absolute atomic E-state index is 13.2. The van der Waals surface area contributed by atoms with Crippen LogP contribution in [0.4, 0.5) is 10.1 Å². The van der Waals surface area contributed by atoms with E-state index in [1.54, 1.807) is 0 Å². The minimum absolute atomic E-state index is 0.00898. The second kappa shape index (κ2) is 6.10. The van der Waals surface area contributed by atoms with E-state index in [1.165, 1.54) is 19.2 Å². The van der Waals surface area contributed by atoms with Crippen LogP contribution in [0.3, 0.4) is 0 Å². The van der Waals surface area contributed by atoms with Crippen LogP contribution >= 0.6 is 0 Å². The summed E-state index contributed by atoms with van der Waals surface area (Å²) < 4.78 is 44.0. The molecular formula is C10H15FN2O4S. The van der Waals surface area contributed by atoms with Gasteiger partial charge in [-0.2, -0.15) is 0 Å². The van der Waals surface area contributed by atoms with E-state index in [2.05, 4.69) is 4.72 Å². The number of halogens is 1. The van der Waals surface area contributed by atoms with Gasteiger partial charge in [0.05, 0.1) is 24.9 Å². The smallest absolute Gasteiger partial charge is 0.243 e. The zero-order valence-electron chi connectivity index (χ0n) is 9.76. The van der Waals surface area contributed by atoms with E-state index in [1.807, 2.05) is 0 Å². The third-order valence-electron chi connectivity index (χ3n) is 2.21. The van der Waals surface area contributed by atoms with E-state index in [-0.39, 0.29) is 11.5 Å². The Morgan fingerprint density at radius 1 is 1.56 bits per heavy atom. The number of para-hydroxylation sites is 1. The number of ether oxygens (including phenoxy) is 1. The standard InChI is InChI=1S/C10H15FN2O4S/c1-17-6-7(5-14)13-18(15,16)9-4-2-3-8(11)10(9)12/h2-4,7,13-14H,5-6,12H2,1H3. The lowest BCUT2D eigenvalue weighted by molar-refractivity contribution is 0.139. The molecule has 0 heterocycles. The summed E-state index contributed by atoms with van der Waals surface area (Å²) in [5.74, 6) is -0.815. The number of aliphatic hydroxyl groups excluding tert-OH is 1. The predicted octanol–water partition coefficient (Wildman–Crippen LogP) is -0.306. The molecule has 0 aromatic heterocycles. The largest absolute Gasteiger partial charge is 0.395 e. The second-order valence-corrected chi connectivity index (χ2v) is 5.29. The molecule has 1 aromatic rings. The second-order valence-electron chi connectivity index (χ2n) is 3.61. The monoisotopic (exact) mass is 278 g/mol. The molecule has 0 aliphatic carbocycles. The van der Waals surface area contributed by atoms with Crippen LogP contribution in [0.1, 0.15) is 0 Å². The van der Waals surface area contributed by atoms with Crippen molar-refractivity contribution in [3.05, 3.63) is 24.0 Å². The predicted molar refractivity (Wildman–Crippen MR) is 63.9 cm³/mol. The molecule has 1 rings (SSSR count). The molecule has 0 spiro atoms. The molecule has 0 amide bonds. The van der Waals surface area contributed by atoms with E-state index >= 15 is 0 Å². The normalized spacial score (nSPS) is 13.5. The Kier molecular flexibility index (Phi) is 5.03. The van der Waals surface area contributed by atoms with E-state index in [0.717, 1.165) is 6.07 Å². The summed E-state index contributed by atoms with van der Waals surface area (Å²) in [6.07, 6.45) is 0. The molecule has 18 heavy (non-hydrogen) atoms. The van der Waals surface area contributed by atoms with Crippen molar-refractivity contribution in [2.75, 3.05) is 26.1 Å². The molecular weight excluding hydrogens is 263 g/mol. The molecule has 8 heteroatoms. The van der Waals surface area contributed by atoms with Crippen molar-refractivity contribution >= 4 is 15.7 Å². The topological polar surface area (TPSA) is 102 Å². The number of nitrogen functional groups attached to an aromatic ring is 1. The molecule has 4 N–H and O–H groups in total. The third kappa shape index (κ3) is 3.39. The fourth-order valence-electron chi connectivity index (χ4n) is 1.36. The first-order valence-electron chi connectivity index (χ1n) is 5.08. The van der Waals surface area contributed by atoms with E-state index in [9.17, 15) is 12.8 Å². The third-order valence-corrected chi connectivity index (χ3v) is 3.79. The maximum Gasteiger partial charge on any atom is 0.243 e. The minimum atomic E-state index is -4.00. The van der Waals surface area contributed by atoms with Gasteiger partial charge in [-0.3, -0.25) is 0 Å². The van der Waals surface area contributed by atoms with Gasteiger partial charge >= 0.3 is 0 Å². The van der Waals surface area contributed by atoms with Gasteiger partial charge in [-0.15, -0.1) is 0 Å². The zero-order chi connectivity index (χ0) is 13.8. The first-order chi connectivity index (χ1) is 8.42. The Morgan fingerprint density at radius 3 is 2.78 bits per heavy atom. The summed E-state index contributed by atoms with van der Waals surface area (Å²) in [7, 11) is -2.63. The van der Waals surface area contributed by atoms with Crippen molar-refractivity contribution in [3.63, 3.8) is 0 Å². The number of hydrogen-bond acceptors (Lipinski definition) is 5. The fraction of sp³-hybridized carbons (Fsp3) is 0.400. The Bertz CT molecular complexity index is 507. The van der Waals surface area contributed by atoms with E-state index in [4.69, 9.17) is 15.6 Å². The van der Waals surface area contributed by atoms with Gasteiger partial charge in [-0.05, 0) is 12.1 Å². The molecule has 1 aromatic carbocycles. The fourth-order valence-corrected chi connectivity index (χ4v) is 2.71. The summed E-state index contributed by atoms with van der Waals surface area (Å²) in [5, 5.41) is 8.98. The molecule has 102 valence electrons. The summed E-state index contributed by atoms with van der Waals surface area (Å²) in [6, 6.07) is 2.67. The van der Waals surface area contributed by atoms with Crippen LogP contribution in [0.5, 0.6) is 0 Å². The van der Waals surface area contributed by atoms with Crippen LogP contribution in [0.15, 0.2) is 23.1 Å². The van der Waals surface area contributed by atoms with Crippen molar-refractivity contribution in [1.29, 1.82) is 0 Å². The number of anilines is 1. The van der Waals surface area contributed by atoms with Crippen LogP contribution in [-0.2, 0) is 14.8 Å². The summed E-state index contributed by atoms with van der Waals surface area (Å²) >= 11 is 0. The SMILES string of the molecule is COCC(CO)NS(=O)(=O)c1cccc(F)c1N. The van der Waals surface area contributed by atoms with Gasteiger partial charge in [0, 0.05) is 7.11 Å². The van der Waals surface area contributed by atoms with E-state index in [0.29, 0.717) is 0 Å². The Morgan fingerprint density at radius 2 is 2.22 bits per heavy atom. The number of nitrogens with two attached hydrogens (primary N) is 1. The van der Waals surface area contributed by atoms with Gasteiger partial charge in [0.1, 0.15) is 10.7 Å². The Balaban J connectivity index is 3.03. The number of rotatable bonds is 6. The first-order valence-corrected chi connectivity index (χ1v) is 6.56. The number of hydrogen-bond donors (Lipinski definition) is 3. The lowest BCUT2D eigenvalue weighted by Crippen LogP contribution is -2.40. The average molecular weight is 278 g/mol. The molecule has 0 bridgehead atoms. The van der Waals surface area contributed by atoms with Crippen LogP contribution < -0.4 is 10.5 Å². The molecule has 0 aliphatic rings. The van der Waals surface area contributed by atoms with Gasteiger partial charge in [0.25, 0.3) is 0 Å². The van der Waals surface area contributed by atoms with E-state index < -0.39 is 34.2 Å². The quantitative estimate of drug-likeness (QED) is 0.620. The van der Waals surface area contributed by atoms with Crippen LogP contribution in [0, 0.1) is 5.82 Å². The van der Waals surface area contributed by atoms with Gasteiger partial charge in [0.15, 0.2) is 0 Å². The number of nitrogens with one attached hydrogen (secondary N) is 1. The van der Waals surface area contributed by atoms with Crippen molar-refractivity contribution in [3.8, 4) is 0 Å². The lowest BCUT2D eigenvalue weighted by atomic mass is 10.3. The van der Waals surface area contributed by atoms with Crippen molar-refractivity contribution in [2.24, 2.45) is 0 Å². The van der Waals surface area contributed by atoms with Crippen LogP contribution in [0.2, 0.25) is 0 Å². The number of sulfonamides is 1. The minimum Gasteiger partial charge on any atom is -0.395 e. The highest BCUT2D eigenvalue weighted by Crippen LogP contribution is 2.20. The molecule has 0 saturated carbocycles. The van der Waals surface area contributed by atoms with Gasteiger partial charge < -0.3 is 15.6 Å². The highest BCUT2D eigenvalue weighted by molar-refractivity contribution is 7.89. The van der Waals surface area contributed by atoms with Crippen LogP contribution in [-0.4, -0.2) is 39.9 Å². The van der Waals surface area contributed by atoms with Crippen molar-refractivity contribution < 1.29 is 22.7 Å². The molecule has 0 fully saturated rings. The highest BCUT2D eigenvalue weighted by atomic mass is 32.2. The van der Waals surface area contributed by atoms with Gasteiger partial charge in [0.2, 0.25) is 10.0 Å². The summed E-state index contributed by atoms with van der Waals surface area (Å²) in [4.78, 5) is -0.364. The summed E-state index contributed by atoms with van der Waals surface area (Å²) in [5.41, 5.74) is 4.91. The number of benzene rings is 1. The van der Waals surface area contributed by atoms with Gasteiger partial charge in [-0.1, -0.05) is 6.07 Å². The number of aliphatic hydroxyl groups is 1. The molecule has 1 atom stereocenters. The van der Waals surface area contributed by atoms with Crippen molar-refractivity contribution in [2.45, 2.75) is 10.9 Å². The molecule has 0 radical (unpaired) electrons. The highest BCUT2D eigenvalue weighted by Gasteiger charge is 2.23. The molecule has 6 nitrogen and oxygen atoms in total. The lowest BCUT2D eigenvalue weighted by Gasteiger charge is -2.16. The summed E-state index contributed by atoms with van der Waals surface area (Å²) in [6.45, 7) is -0.451. The van der Waals surface area contributed by atoms with Crippen molar-refractivity contribution in [1.82, 2.24) is 4.72 Å². The number of methoxy groups -OCH3 is 1. The zero-order valence-corrected chi connectivity index (χ0v) is 10.6. The Hall–Kier alpha value is -1.22. The molecule has 1 unspecified atom stereocenters. The Labute approximate surface area is 105 Å². The molecule has 0 aliphatic heterocycles. The van der Waals surface area contributed by atoms with Crippen LogP contribution in [0.25, 0.3) is 0 Å². The first kappa shape index (κ1) is 14.8. The molecule has 0 saturated heterocycles. The maximum atomic E-state index is 13.2. The van der Waals surface area contributed by atoms with Gasteiger partial charge in [-0.25, -0.2) is 17.5 Å². The average Bonchev–Trinajstić information content (AvgIpc) is 2.31.